The molecule has 8 heteroatoms. The van der Waals surface area contributed by atoms with E-state index in [1.54, 1.807) is 0 Å². The van der Waals surface area contributed by atoms with Crippen LogP contribution in [0.25, 0.3) is 0 Å². The third-order valence-corrected chi connectivity index (χ3v) is 2.72. The maximum Gasteiger partial charge on any atom is 0.196 e. The maximum atomic E-state index is 6.03. The summed E-state index contributed by atoms with van der Waals surface area (Å²) in [5.74, 6) is 1.38. The highest BCUT2D eigenvalue weighted by Crippen LogP contribution is 2.28. The third-order valence-electron chi connectivity index (χ3n) is 2.72. The molecule has 0 spiro atoms. The van der Waals surface area contributed by atoms with E-state index in [1.165, 1.54) is 0 Å². The molecule has 1 unspecified atom stereocenters. The Morgan fingerprint density at radius 1 is 1.33 bits per heavy atom. The lowest BCUT2D eigenvalue weighted by atomic mass is 10.3. The number of nitrogens with one attached hydrogen (secondary N) is 2. The fourth-order valence-corrected chi connectivity index (χ4v) is 1.70. The Morgan fingerprint density at radius 2 is 2.06 bits per heavy atom. The second-order valence-electron chi connectivity index (χ2n) is 4.52. The Morgan fingerprint density at radius 3 is 2.61 bits per heavy atom. The van der Waals surface area contributed by atoms with Gasteiger partial charge in [0.2, 0.25) is 0 Å². The first-order chi connectivity index (χ1) is 8.50. The van der Waals surface area contributed by atoms with Crippen LogP contribution in [0, 0.1) is 6.92 Å². The molecule has 0 bridgehead atoms. The highest BCUT2D eigenvalue weighted by atomic mass is 15.5. The monoisotopic (exact) mass is 250 g/mol. The van der Waals surface area contributed by atoms with Crippen molar-refractivity contribution in [2.24, 2.45) is 0 Å². The summed E-state index contributed by atoms with van der Waals surface area (Å²) < 4.78 is 1.86. The molecule has 0 fully saturated rings. The number of aromatic nitrogens is 6. The number of nitrogen functional groups attached to an aromatic ring is 1. The first-order valence-corrected chi connectivity index (χ1v) is 5.85. The van der Waals surface area contributed by atoms with Gasteiger partial charge in [-0.15, -0.1) is 10.2 Å². The van der Waals surface area contributed by atoms with Crippen molar-refractivity contribution in [2.45, 2.75) is 39.8 Å². The second-order valence-corrected chi connectivity index (χ2v) is 4.52. The van der Waals surface area contributed by atoms with Crippen LogP contribution in [0.15, 0.2) is 0 Å². The normalized spacial score (nSPS) is 12.9. The van der Waals surface area contributed by atoms with E-state index in [2.05, 4.69) is 44.9 Å². The number of hydrogen-bond donors (Lipinski definition) is 3. The van der Waals surface area contributed by atoms with Gasteiger partial charge in [-0.3, -0.25) is 0 Å². The molecule has 1 atom stereocenters. The zero-order valence-corrected chi connectivity index (χ0v) is 11.0. The molecule has 0 saturated heterocycles. The van der Waals surface area contributed by atoms with Gasteiger partial charge in [0.25, 0.3) is 0 Å². The number of H-pyrrole nitrogens is 1. The molecule has 0 aromatic carbocycles. The number of rotatable bonds is 4. The van der Waals surface area contributed by atoms with E-state index >= 15 is 0 Å². The summed E-state index contributed by atoms with van der Waals surface area (Å²) in [4.78, 5) is 0. The van der Waals surface area contributed by atoms with E-state index in [9.17, 15) is 0 Å². The number of hydrogen-bond acceptors (Lipinski definition) is 6. The van der Waals surface area contributed by atoms with Crippen molar-refractivity contribution in [3.63, 3.8) is 0 Å². The Balaban J connectivity index is 2.28. The minimum atomic E-state index is -0.0975. The van der Waals surface area contributed by atoms with E-state index in [-0.39, 0.29) is 12.1 Å². The molecule has 98 valence electrons. The molecule has 2 heterocycles. The number of aryl methyl sites for hydroxylation is 1. The number of anilines is 2. The summed E-state index contributed by atoms with van der Waals surface area (Å²) in [5.41, 5.74) is 7.50. The summed E-state index contributed by atoms with van der Waals surface area (Å²) >= 11 is 0. The average Bonchev–Trinajstić information content (AvgIpc) is 2.92. The smallest absolute Gasteiger partial charge is 0.196 e. The molecule has 2 aromatic rings. The largest absolute Gasteiger partial charge is 0.394 e. The third kappa shape index (κ3) is 2.13. The first kappa shape index (κ1) is 12.3. The van der Waals surface area contributed by atoms with Gasteiger partial charge in [0, 0.05) is 6.04 Å². The zero-order chi connectivity index (χ0) is 13.3. The van der Waals surface area contributed by atoms with Gasteiger partial charge in [0.15, 0.2) is 5.82 Å². The number of tetrazole rings is 1. The van der Waals surface area contributed by atoms with Crippen molar-refractivity contribution < 1.29 is 0 Å². The summed E-state index contributed by atoms with van der Waals surface area (Å²) in [6, 6.07) is 0.126. The highest BCUT2D eigenvalue weighted by molar-refractivity contribution is 5.65. The number of nitrogens with zero attached hydrogens (tertiary/aromatic N) is 5. The second kappa shape index (κ2) is 4.63. The van der Waals surface area contributed by atoms with Gasteiger partial charge in [-0.1, -0.05) is 5.21 Å². The van der Waals surface area contributed by atoms with Crippen molar-refractivity contribution in [3.05, 3.63) is 11.5 Å². The Labute approximate surface area is 105 Å². The van der Waals surface area contributed by atoms with E-state index in [1.807, 2.05) is 18.5 Å². The maximum absolute atomic E-state index is 6.03. The summed E-state index contributed by atoms with van der Waals surface area (Å²) in [5, 5.41) is 21.5. The van der Waals surface area contributed by atoms with E-state index in [0.29, 0.717) is 11.5 Å². The lowest BCUT2D eigenvalue weighted by Crippen LogP contribution is -2.15. The van der Waals surface area contributed by atoms with Gasteiger partial charge < -0.3 is 11.1 Å². The van der Waals surface area contributed by atoms with Crippen LogP contribution in [0.1, 0.15) is 44.4 Å². The van der Waals surface area contributed by atoms with Crippen LogP contribution in [-0.2, 0) is 0 Å². The molecule has 8 nitrogen and oxygen atoms in total. The van der Waals surface area contributed by atoms with Crippen LogP contribution in [0.3, 0.4) is 0 Å². The number of nitrogens with two attached hydrogens (primary N) is 1. The zero-order valence-electron chi connectivity index (χ0n) is 11.0. The molecular formula is C10H18N8. The Hall–Kier alpha value is -2.12. The van der Waals surface area contributed by atoms with E-state index < -0.39 is 0 Å². The molecule has 4 N–H and O–H groups in total. The van der Waals surface area contributed by atoms with Crippen LogP contribution in [-0.4, -0.2) is 30.4 Å². The molecule has 18 heavy (non-hydrogen) atoms. The Kier molecular flexibility index (Phi) is 3.17. The molecule has 0 aliphatic carbocycles. The minimum absolute atomic E-state index is 0.0975. The van der Waals surface area contributed by atoms with E-state index in [0.717, 1.165) is 11.5 Å². The van der Waals surface area contributed by atoms with Crippen LogP contribution < -0.4 is 11.1 Å². The van der Waals surface area contributed by atoms with Crippen LogP contribution in [0.4, 0.5) is 11.5 Å². The number of aromatic amines is 1. The predicted molar refractivity (Wildman–Crippen MR) is 68.0 cm³/mol. The van der Waals surface area contributed by atoms with Gasteiger partial charge >= 0.3 is 0 Å². The average molecular weight is 250 g/mol. The van der Waals surface area contributed by atoms with Crippen molar-refractivity contribution in [3.8, 4) is 0 Å². The SMILES string of the molecule is Cc1nn(C(C)C)c(NC(C)c2nn[nH]n2)c1N. The Bertz CT molecular complexity index is 512. The van der Waals surface area contributed by atoms with Crippen molar-refractivity contribution in [1.82, 2.24) is 30.4 Å². The quantitative estimate of drug-likeness (QED) is 0.747. The molecule has 0 saturated carbocycles. The van der Waals surface area contributed by atoms with Crippen LogP contribution in [0.2, 0.25) is 0 Å². The van der Waals surface area contributed by atoms with E-state index in [4.69, 9.17) is 5.73 Å². The lowest BCUT2D eigenvalue weighted by Gasteiger charge is -2.16. The van der Waals surface area contributed by atoms with Crippen molar-refractivity contribution in [1.29, 1.82) is 0 Å². The topological polar surface area (TPSA) is 110 Å². The molecule has 0 radical (unpaired) electrons. The predicted octanol–water partition coefficient (Wildman–Crippen LogP) is 1.04. The lowest BCUT2D eigenvalue weighted by molar-refractivity contribution is 0.531. The minimum Gasteiger partial charge on any atom is -0.394 e. The fraction of sp³-hybridized carbons (Fsp3) is 0.600. The standard InChI is InChI=1S/C10H18N8/c1-5(2)18-10(8(11)6(3)15-18)12-7(4)9-13-16-17-14-9/h5,7,12H,11H2,1-4H3,(H,13,14,16,17). The van der Waals surface area contributed by atoms with Gasteiger partial charge in [-0.05, 0) is 27.7 Å². The van der Waals surface area contributed by atoms with Crippen LogP contribution in [0.5, 0.6) is 0 Å². The molecule has 2 rings (SSSR count). The van der Waals surface area contributed by atoms with Gasteiger partial charge in [-0.2, -0.15) is 10.3 Å². The fourth-order valence-electron chi connectivity index (χ4n) is 1.70. The summed E-state index contributed by atoms with van der Waals surface area (Å²) in [6.45, 7) is 7.93. The van der Waals surface area contributed by atoms with Gasteiger partial charge in [-0.25, -0.2) is 4.68 Å². The van der Waals surface area contributed by atoms with Gasteiger partial charge in [0.1, 0.15) is 5.82 Å². The van der Waals surface area contributed by atoms with Crippen LogP contribution >= 0.6 is 0 Å². The first-order valence-electron chi connectivity index (χ1n) is 5.85. The summed E-state index contributed by atoms with van der Waals surface area (Å²) in [7, 11) is 0. The van der Waals surface area contributed by atoms with Gasteiger partial charge in [0.05, 0.1) is 17.4 Å². The van der Waals surface area contributed by atoms with Crippen molar-refractivity contribution in [2.75, 3.05) is 11.1 Å². The molecular weight excluding hydrogens is 232 g/mol. The highest BCUT2D eigenvalue weighted by Gasteiger charge is 2.18. The molecule has 0 amide bonds. The molecule has 0 aliphatic heterocycles. The molecule has 0 aliphatic rings. The molecule has 2 aromatic heterocycles. The van der Waals surface area contributed by atoms with Crippen molar-refractivity contribution >= 4 is 11.5 Å². The summed E-state index contributed by atoms with van der Waals surface area (Å²) in [6.07, 6.45) is 0.